The number of hydrogen-bond acceptors (Lipinski definition) is 5. The second kappa shape index (κ2) is 10.6. The van der Waals surface area contributed by atoms with E-state index in [1.807, 2.05) is 6.92 Å². The molecule has 0 atom stereocenters. The molecule has 2 amide bonds. The van der Waals surface area contributed by atoms with Crippen LogP contribution in [0.1, 0.15) is 35.7 Å². The average molecular weight is 397 g/mol. The highest BCUT2D eigenvalue weighted by atomic mass is 16.6. The predicted molar refractivity (Wildman–Crippen MR) is 109 cm³/mol. The number of nitro benzene ring substituents is 1. The Morgan fingerprint density at radius 1 is 1.10 bits per heavy atom. The quantitative estimate of drug-likeness (QED) is 0.292. The molecule has 0 radical (unpaired) electrons. The molecule has 0 saturated heterocycles. The van der Waals surface area contributed by atoms with Gasteiger partial charge in [0.05, 0.1) is 12.0 Å². The number of carbonyl (C=O) groups excluding carboxylic acids is 2. The van der Waals surface area contributed by atoms with Crippen LogP contribution in [0, 0.1) is 10.1 Å². The number of benzene rings is 2. The summed E-state index contributed by atoms with van der Waals surface area (Å²) >= 11 is 0. The van der Waals surface area contributed by atoms with Crippen molar-refractivity contribution in [3.8, 4) is 5.75 Å². The molecule has 152 valence electrons. The molecule has 0 aliphatic rings. The fourth-order valence-electron chi connectivity index (χ4n) is 2.43. The van der Waals surface area contributed by atoms with Gasteiger partial charge in [-0.1, -0.05) is 25.5 Å². The second-order valence-corrected chi connectivity index (χ2v) is 6.20. The fraction of sp³-hybridized carbons (Fsp3) is 0.238. The molecule has 29 heavy (non-hydrogen) atoms. The lowest BCUT2D eigenvalue weighted by molar-refractivity contribution is -0.384. The van der Waals surface area contributed by atoms with Crippen LogP contribution in [0.3, 0.4) is 0 Å². The summed E-state index contributed by atoms with van der Waals surface area (Å²) in [5.41, 5.74) is 0.871. The van der Waals surface area contributed by atoms with E-state index in [1.54, 1.807) is 37.5 Å². The standard InChI is InChI=1S/C21H23N3O5/c1-3-4-13-22-21(26)19(14-15-5-11-18(29-2)12-6-15)23-20(25)16-7-9-17(10-8-16)24(27)28/h5-12,14H,3-4,13H2,1-2H3,(H,22,26)(H,23,25)/b19-14-. The monoisotopic (exact) mass is 397 g/mol. The molecule has 2 aromatic carbocycles. The van der Waals surface area contributed by atoms with Gasteiger partial charge in [0.1, 0.15) is 11.4 Å². The minimum absolute atomic E-state index is 0.0784. The summed E-state index contributed by atoms with van der Waals surface area (Å²) in [7, 11) is 1.56. The average Bonchev–Trinajstić information content (AvgIpc) is 2.73. The first-order chi connectivity index (χ1) is 13.9. The highest BCUT2D eigenvalue weighted by molar-refractivity contribution is 6.05. The summed E-state index contributed by atoms with van der Waals surface area (Å²) < 4.78 is 5.12. The van der Waals surface area contributed by atoms with Crippen molar-refractivity contribution >= 4 is 23.6 Å². The molecule has 0 aliphatic heterocycles. The Hall–Kier alpha value is -3.68. The van der Waals surface area contributed by atoms with Crippen molar-refractivity contribution in [1.82, 2.24) is 10.6 Å². The maximum absolute atomic E-state index is 12.5. The third kappa shape index (κ3) is 6.46. The highest BCUT2D eigenvalue weighted by Crippen LogP contribution is 2.15. The number of nitro groups is 1. The summed E-state index contributed by atoms with van der Waals surface area (Å²) in [5, 5.41) is 16.1. The predicted octanol–water partition coefficient (Wildman–Crippen LogP) is 3.29. The van der Waals surface area contributed by atoms with Gasteiger partial charge >= 0.3 is 0 Å². The summed E-state index contributed by atoms with van der Waals surface area (Å²) in [5.74, 6) is -0.277. The van der Waals surface area contributed by atoms with Crippen molar-refractivity contribution in [1.29, 1.82) is 0 Å². The molecular weight excluding hydrogens is 374 g/mol. The first-order valence-corrected chi connectivity index (χ1v) is 9.14. The fourth-order valence-corrected chi connectivity index (χ4v) is 2.43. The van der Waals surface area contributed by atoms with Crippen molar-refractivity contribution in [2.24, 2.45) is 0 Å². The largest absolute Gasteiger partial charge is 0.497 e. The maximum Gasteiger partial charge on any atom is 0.269 e. The Bertz CT molecular complexity index is 890. The van der Waals surface area contributed by atoms with Crippen molar-refractivity contribution in [3.63, 3.8) is 0 Å². The molecule has 0 bridgehead atoms. The number of rotatable bonds is 9. The lowest BCUT2D eigenvalue weighted by Gasteiger charge is -2.11. The zero-order valence-electron chi connectivity index (χ0n) is 16.3. The Morgan fingerprint density at radius 2 is 1.76 bits per heavy atom. The summed E-state index contributed by atoms with van der Waals surface area (Å²) in [6, 6.07) is 12.2. The molecular formula is C21H23N3O5. The number of nitrogens with one attached hydrogen (secondary N) is 2. The first-order valence-electron chi connectivity index (χ1n) is 9.14. The summed E-state index contributed by atoms with van der Waals surface area (Å²) in [6.07, 6.45) is 3.30. The number of nitrogens with zero attached hydrogens (tertiary/aromatic N) is 1. The van der Waals surface area contributed by atoms with Gasteiger partial charge in [-0.25, -0.2) is 0 Å². The van der Waals surface area contributed by atoms with Crippen molar-refractivity contribution in [2.45, 2.75) is 19.8 Å². The van der Waals surface area contributed by atoms with Crippen LogP contribution in [0.25, 0.3) is 6.08 Å². The lowest BCUT2D eigenvalue weighted by Crippen LogP contribution is -2.35. The molecule has 0 saturated carbocycles. The van der Waals surface area contributed by atoms with E-state index < -0.39 is 16.7 Å². The molecule has 0 fully saturated rings. The Kier molecular flexibility index (Phi) is 7.90. The molecule has 8 heteroatoms. The first kappa shape index (κ1) is 21.6. The molecule has 0 unspecified atom stereocenters. The van der Waals surface area contributed by atoms with Crippen LogP contribution in [0.15, 0.2) is 54.2 Å². The van der Waals surface area contributed by atoms with Crippen LogP contribution in [0.4, 0.5) is 5.69 Å². The third-order valence-electron chi connectivity index (χ3n) is 4.08. The van der Waals surface area contributed by atoms with Gasteiger partial charge in [-0.2, -0.15) is 0 Å². The smallest absolute Gasteiger partial charge is 0.269 e. The van der Waals surface area contributed by atoms with E-state index in [4.69, 9.17) is 4.74 Å². The van der Waals surface area contributed by atoms with E-state index in [0.717, 1.165) is 12.8 Å². The van der Waals surface area contributed by atoms with Gasteiger partial charge in [-0.05, 0) is 42.3 Å². The van der Waals surface area contributed by atoms with Gasteiger partial charge in [0.15, 0.2) is 0 Å². The minimum atomic E-state index is -0.544. The Morgan fingerprint density at radius 3 is 2.31 bits per heavy atom. The lowest BCUT2D eigenvalue weighted by atomic mass is 10.1. The van der Waals surface area contributed by atoms with Gasteiger partial charge in [0.25, 0.3) is 17.5 Å². The van der Waals surface area contributed by atoms with Gasteiger partial charge < -0.3 is 15.4 Å². The number of hydrogen-bond donors (Lipinski definition) is 2. The number of unbranched alkanes of at least 4 members (excludes halogenated alkanes) is 1. The van der Waals surface area contributed by atoms with Crippen LogP contribution in [0.2, 0.25) is 0 Å². The molecule has 0 aliphatic carbocycles. The zero-order chi connectivity index (χ0) is 21.2. The van der Waals surface area contributed by atoms with Crippen LogP contribution >= 0.6 is 0 Å². The van der Waals surface area contributed by atoms with E-state index >= 15 is 0 Å². The van der Waals surface area contributed by atoms with Crippen LogP contribution in [0.5, 0.6) is 5.75 Å². The van der Waals surface area contributed by atoms with Crippen LogP contribution in [-0.4, -0.2) is 30.4 Å². The van der Waals surface area contributed by atoms with Gasteiger partial charge in [0.2, 0.25) is 0 Å². The molecule has 0 aromatic heterocycles. The van der Waals surface area contributed by atoms with E-state index in [9.17, 15) is 19.7 Å². The molecule has 2 rings (SSSR count). The third-order valence-corrected chi connectivity index (χ3v) is 4.08. The number of ether oxygens (including phenoxy) is 1. The Labute approximate surface area is 168 Å². The van der Waals surface area contributed by atoms with E-state index in [2.05, 4.69) is 10.6 Å². The molecule has 8 nitrogen and oxygen atoms in total. The van der Waals surface area contributed by atoms with E-state index in [0.29, 0.717) is 17.9 Å². The van der Waals surface area contributed by atoms with Gasteiger partial charge in [0, 0.05) is 24.2 Å². The molecule has 2 aromatic rings. The van der Waals surface area contributed by atoms with E-state index in [-0.39, 0.29) is 16.9 Å². The number of carbonyl (C=O) groups is 2. The normalized spacial score (nSPS) is 10.9. The Balaban J connectivity index is 2.23. The molecule has 0 heterocycles. The van der Waals surface area contributed by atoms with E-state index in [1.165, 1.54) is 24.3 Å². The van der Waals surface area contributed by atoms with Crippen molar-refractivity contribution in [2.75, 3.05) is 13.7 Å². The van der Waals surface area contributed by atoms with Crippen molar-refractivity contribution < 1.29 is 19.2 Å². The molecule has 0 spiro atoms. The van der Waals surface area contributed by atoms with Gasteiger partial charge in [-0.3, -0.25) is 19.7 Å². The van der Waals surface area contributed by atoms with Crippen LogP contribution in [-0.2, 0) is 4.79 Å². The molecule has 2 N–H and O–H groups in total. The minimum Gasteiger partial charge on any atom is -0.497 e. The highest BCUT2D eigenvalue weighted by Gasteiger charge is 2.15. The SMILES string of the molecule is CCCCNC(=O)/C(=C/c1ccc(OC)cc1)NC(=O)c1ccc([N+](=O)[O-])cc1. The second-order valence-electron chi connectivity index (χ2n) is 6.20. The maximum atomic E-state index is 12.5. The number of methoxy groups -OCH3 is 1. The summed E-state index contributed by atoms with van der Waals surface area (Å²) in [6.45, 7) is 2.50. The summed E-state index contributed by atoms with van der Waals surface area (Å²) in [4.78, 5) is 35.3. The van der Waals surface area contributed by atoms with Crippen LogP contribution < -0.4 is 15.4 Å². The number of non-ortho nitro benzene ring substituents is 1. The number of amides is 2. The zero-order valence-corrected chi connectivity index (χ0v) is 16.3. The van der Waals surface area contributed by atoms with Crippen molar-refractivity contribution in [3.05, 3.63) is 75.5 Å². The topological polar surface area (TPSA) is 111 Å². The van der Waals surface area contributed by atoms with Gasteiger partial charge in [-0.15, -0.1) is 0 Å².